The van der Waals surface area contributed by atoms with E-state index in [2.05, 4.69) is 10.4 Å². The lowest BCUT2D eigenvalue weighted by atomic mass is 9.98. The lowest BCUT2D eigenvalue weighted by Crippen LogP contribution is -2.42. The zero-order valence-electron chi connectivity index (χ0n) is 13.3. The fraction of sp³-hybridized carbons (Fsp3) is 0.588. The Morgan fingerprint density at radius 2 is 1.88 bits per heavy atom. The summed E-state index contributed by atoms with van der Waals surface area (Å²) >= 11 is 0. The second-order valence-electron chi connectivity index (χ2n) is 6.48. The van der Waals surface area contributed by atoms with Crippen LogP contribution in [0.3, 0.4) is 0 Å². The first-order chi connectivity index (χ1) is 11.4. The maximum absolute atomic E-state index is 13.1. The van der Waals surface area contributed by atoms with Gasteiger partial charge in [-0.2, -0.15) is 18.3 Å². The van der Waals surface area contributed by atoms with Gasteiger partial charge in [0.2, 0.25) is 0 Å². The molecule has 3 unspecified atom stereocenters. The molecule has 3 rings (SSSR count). The molecule has 2 aliphatic heterocycles. The molecule has 1 saturated heterocycles. The molecule has 4 nitrogen and oxygen atoms in total. The zero-order valence-corrected chi connectivity index (χ0v) is 13.3. The molecule has 2 radical (unpaired) electrons. The van der Waals surface area contributed by atoms with Crippen LogP contribution in [-0.4, -0.2) is 30.1 Å². The van der Waals surface area contributed by atoms with Gasteiger partial charge in [-0.1, -0.05) is 31.0 Å². The van der Waals surface area contributed by atoms with E-state index < -0.39 is 18.1 Å². The minimum atomic E-state index is -4.40. The van der Waals surface area contributed by atoms with E-state index in [1.54, 1.807) is 24.3 Å². The summed E-state index contributed by atoms with van der Waals surface area (Å²) in [5.74, 6) is 0. The molecule has 1 aromatic carbocycles. The van der Waals surface area contributed by atoms with E-state index in [0.717, 1.165) is 19.3 Å². The van der Waals surface area contributed by atoms with E-state index in [4.69, 9.17) is 0 Å². The summed E-state index contributed by atoms with van der Waals surface area (Å²) in [4.78, 5) is 0. The minimum Gasteiger partial charge on any atom is -0.296 e. The average Bonchev–Trinajstić information content (AvgIpc) is 2.85. The second-order valence-corrected chi connectivity index (χ2v) is 6.48. The molecular weight excluding hydrogens is 317 g/mol. The molecule has 0 amide bonds. The van der Waals surface area contributed by atoms with Crippen molar-refractivity contribution in [2.24, 2.45) is 5.10 Å². The van der Waals surface area contributed by atoms with Crippen molar-refractivity contribution < 1.29 is 13.2 Å². The summed E-state index contributed by atoms with van der Waals surface area (Å²) in [6, 6.07) is 8.60. The third kappa shape index (κ3) is 4.08. The van der Waals surface area contributed by atoms with Crippen LogP contribution in [0.15, 0.2) is 35.4 Å². The van der Waals surface area contributed by atoms with Crippen molar-refractivity contribution >= 4 is 11.4 Å². The predicted molar refractivity (Wildman–Crippen MR) is 86.7 cm³/mol. The summed E-state index contributed by atoms with van der Waals surface area (Å²) in [6.07, 6.45) is -1.13. The van der Waals surface area contributed by atoms with Crippen LogP contribution in [0.2, 0.25) is 0 Å². The SMILES string of the molecule is [N]C1CCCCC(CC2CC(C(F)(F)F)=NN2c2ccccc2)N1. The Morgan fingerprint density at radius 3 is 2.58 bits per heavy atom. The first-order valence-corrected chi connectivity index (χ1v) is 8.36. The van der Waals surface area contributed by atoms with Gasteiger partial charge in [-0.3, -0.25) is 10.3 Å². The van der Waals surface area contributed by atoms with Crippen molar-refractivity contribution in [1.29, 1.82) is 0 Å². The predicted octanol–water partition coefficient (Wildman–Crippen LogP) is 3.50. The molecule has 0 aromatic heterocycles. The normalized spacial score (nSPS) is 28.6. The molecule has 130 valence electrons. The Hall–Kier alpha value is -1.60. The Labute approximate surface area is 139 Å². The van der Waals surface area contributed by atoms with Crippen molar-refractivity contribution in [3.8, 4) is 0 Å². The molecule has 1 aromatic rings. The molecule has 2 aliphatic rings. The summed E-state index contributed by atoms with van der Waals surface area (Å²) in [5.41, 5.74) is 9.80. The largest absolute Gasteiger partial charge is 0.431 e. The van der Waals surface area contributed by atoms with E-state index in [9.17, 15) is 18.9 Å². The molecule has 0 saturated carbocycles. The minimum absolute atomic E-state index is 0.00139. The van der Waals surface area contributed by atoms with Gasteiger partial charge in [-0.15, -0.1) is 5.73 Å². The Balaban J connectivity index is 1.78. The summed E-state index contributed by atoms with van der Waals surface area (Å²) < 4.78 is 39.3. The molecule has 1 fully saturated rings. The van der Waals surface area contributed by atoms with Crippen molar-refractivity contribution in [2.75, 3.05) is 5.01 Å². The topological polar surface area (TPSA) is 49.9 Å². The number of hydrogen-bond donors (Lipinski definition) is 1. The van der Waals surface area contributed by atoms with Gasteiger partial charge in [-0.05, 0) is 31.4 Å². The van der Waals surface area contributed by atoms with Crippen molar-refractivity contribution in [3.05, 3.63) is 30.3 Å². The molecule has 0 bridgehead atoms. The van der Waals surface area contributed by atoms with E-state index in [-0.39, 0.29) is 18.5 Å². The number of nitrogens with zero attached hydrogens (tertiary/aromatic N) is 3. The highest BCUT2D eigenvalue weighted by atomic mass is 19.4. The number of anilines is 1. The summed E-state index contributed by atoms with van der Waals surface area (Å²) in [7, 11) is 0. The van der Waals surface area contributed by atoms with Gasteiger partial charge in [0.1, 0.15) is 5.71 Å². The van der Waals surface area contributed by atoms with Crippen LogP contribution in [0.1, 0.15) is 38.5 Å². The van der Waals surface area contributed by atoms with E-state index in [1.807, 2.05) is 6.07 Å². The van der Waals surface area contributed by atoms with Crippen LogP contribution in [-0.2, 0) is 0 Å². The number of hydrogen-bond acceptors (Lipinski definition) is 3. The van der Waals surface area contributed by atoms with Gasteiger partial charge in [0.25, 0.3) is 0 Å². The number of nitrogens with one attached hydrogen (secondary N) is 1. The Kier molecular flexibility index (Phi) is 5.10. The van der Waals surface area contributed by atoms with Gasteiger partial charge >= 0.3 is 6.18 Å². The molecular formula is C17H21F3N4. The third-order valence-corrected chi connectivity index (χ3v) is 4.62. The number of hydrazone groups is 1. The maximum Gasteiger partial charge on any atom is 0.431 e. The van der Waals surface area contributed by atoms with E-state index in [1.165, 1.54) is 5.01 Å². The highest BCUT2D eigenvalue weighted by Gasteiger charge is 2.43. The molecule has 0 spiro atoms. The molecule has 7 heteroatoms. The average molecular weight is 338 g/mol. The quantitative estimate of drug-likeness (QED) is 0.917. The van der Waals surface area contributed by atoms with Crippen LogP contribution in [0.5, 0.6) is 0 Å². The first kappa shape index (κ1) is 17.2. The standard InChI is InChI=1S/C17H21F3N4/c18-17(19,20)15-11-14(10-12-6-4-5-9-16(21)22-12)24(23-15)13-7-2-1-3-8-13/h1-3,7-8,12,14,16,22H,4-6,9-11H2. The number of rotatable bonds is 3. The smallest absolute Gasteiger partial charge is 0.296 e. The molecule has 3 atom stereocenters. The first-order valence-electron chi connectivity index (χ1n) is 8.36. The Morgan fingerprint density at radius 1 is 1.17 bits per heavy atom. The van der Waals surface area contributed by atoms with Crippen molar-refractivity contribution in [2.45, 2.75) is 63.0 Å². The fourth-order valence-electron chi connectivity index (χ4n) is 3.45. The molecule has 2 heterocycles. The second kappa shape index (κ2) is 7.11. The van der Waals surface area contributed by atoms with Crippen molar-refractivity contribution in [1.82, 2.24) is 11.1 Å². The van der Waals surface area contributed by atoms with Crippen LogP contribution in [0, 0.1) is 0 Å². The lowest BCUT2D eigenvalue weighted by Gasteiger charge is -2.28. The number of benzene rings is 1. The Bertz CT molecular complexity index is 573. The van der Waals surface area contributed by atoms with E-state index in [0.29, 0.717) is 18.5 Å². The number of halogens is 3. The highest BCUT2D eigenvalue weighted by Crippen LogP contribution is 2.33. The number of para-hydroxylation sites is 1. The van der Waals surface area contributed by atoms with Gasteiger partial charge in [0, 0.05) is 12.5 Å². The van der Waals surface area contributed by atoms with Crippen molar-refractivity contribution in [3.63, 3.8) is 0 Å². The summed E-state index contributed by atoms with van der Waals surface area (Å²) in [5, 5.41) is 8.47. The van der Waals surface area contributed by atoms with Crippen LogP contribution in [0.25, 0.3) is 0 Å². The van der Waals surface area contributed by atoms with Crippen LogP contribution >= 0.6 is 0 Å². The molecule has 24 heavy (non-hydrogen) atoms. The monoisotopic (exact) mass is 338 g/mol. The molecule has 1 N–H and O–H groups in total. The maximum atomic E-state index is 13.1. The molecule has 0 aliphatic carbocycles. The zero-order chi connectivity index (χ0) is 17.2. The van der Waals surface area contributed by atoms with E-state index >= 15 is 0 Å². The van der Waals surface area contributed by atoms with Gasteiger partial charge in [0.15, 0.2) is 0 Å². The van der Waals surface area contributed by atoms with Gasteiger partial charge < -0.3 is 0 Å². The van der Waals surface area contributed by atoms with Gasteiger partial charge in [-0.25, -0.2) is 0 Å². The summed E-state index contributed by atoms with van der Waals surface area (Å²) in [6.45, 7) is 0. The third-order valence-electron chi connectivity index (χ3n) is 4.62. The lowest BCUT2D eigenvalue weighted by molar-refractivity contribution is -0.0600. The van der Waals surface area contributed by atoms with Crippen LogP contribution < -0.4 is 16.1 Å². The van der Waals surface area contributed by atoms with Crippen LogP contribution in [0.4, 0.5) is 18.9 Å². The number of alkyl halides is 3. The highest BCUT2D eigenvalue weighted by molar-refractivity contribution is 5.93. The van der Waals surface area contributed by atoms with Gasteiger partial charge in [0.05, 0.1) is 17.9 Å². The fourth-order valence-corrected chi connectivity index (χ4v) is 3.45.